The summed E-state index contributed by atoms with van der Waals surface area (Å²) in [7, 11) is 0. The Morgan fingerprint density at radius 3 is 2.80 bits per heavy atom. The topological polar surface area (TPSA) is 41.6 Å². The van der Waals surface area contributed by atoms with Crippen molar-refractivity contribution in [3.05, 3.63) is 0 Å². The van der Waals surface area contributed by atoms with Gasteiger partial charge < -0.3 is 15.0 Å². The molecule has 0 aromatic rings. The van der Waals surface area contributed by atoms with Crippen molar-refractivity contribution in [1.82, 2.24) is 10.2 Å². The van der Waals surface area contributed by atoms with Crippen LogP contribution < -0.4 is 5.32 Å². The molecule has 0 aliphatic carbocycles. The molecule has 0 atom stereocenters. The van der Waals surface area contributed by atoms with E-state index in [1.165, 1.54) is 0 Å². The van der Waals surface area contributed by atoms with Crippen LogP contribution in [0.3, 0.4) is 0 Å². The Kier molecular flexibility index (Phi) is 4.99. The first-order chi connectivity index (χ1) is 7.27. The molecule has 1 amide bonds. The highest BCUT2D eigenvalue weighted by Gasteiger charge is 2.22. The van der Waals surface area contributed by atoms with Crippen molar-refractivity contribution in [2.24, 2.45) is 0 Å². The van der Waals surface area contributed by atoms with Gasteiger partial charge in [-0.15, -0.1) is 6.42 Å². The minimum Gasteiger partial charge on any atom is -0.450 e. The van der Waals surface area contributed by atoms with Crippen LogP contribution in [-0.4, -0.2) is 43.3 Å². The van der Waals surface area contributed by atoms with Crippen LogP contribution >= 0.6 is 0 Å². The molecule has 15 heavy (non-hydrogen) atoms. The Hall–Kier alpha value is -1.21. The van der Waals surface area contributed by atoms with Gasteiger partial charge >= 0.3 is 6.09 Å². The molecule has 1 saturated heterocycles. The molecule has 0 saturated carbocycles. The van der Waals surface area contributed by atoms with E-state index in [2.05, 4.69) is 11.2 Å². The van der Waals surface area contributed by atoms with Crippen LogP contribution in [0.25, 0.3) is 0 Å². The van der Waals surface area contributed by atoms with E-state index in [1.807, 2.05) is 6.92 Å². The van der Waals surface area contributed by atoms with Crippen molar-refractivity contribution < 1.29 is 9.53 Å². The van der Waals surface area contributed by atoms with Crippen LogP contribution in [0.4, 0.5) is 4.79 Å². The lowest BCUT2D eigenvalue weighted by molar-refractivity contribution is 0.0954. The molecule has 1 rings (SSSR count). The lowest BCUT2D eigenvalue weighted by Gasteiger charge is -2.31. The van der Waals surface area contributed by atoms with Gasteiger partial charge in [-0.05, 0) is 19.8 Å². The number of terminal acetylenes is 1. The minimum atomic E-state index is -0.201. The third-order valence-corrected chi connectivity index (χ3v) is 2.51. The zero-order valence-corrected chi connectivity index (χ0v) is 9.16. The lowest BCUT2D eigenvalue weighted by Crippen LogP contribution is -2.45. The van der Waals surface area contributed by atoms with E-state index in [1.54, 1.807) is 4.90 Å². The van der Waals surface area contributed by atoms with E-state index in [0.717, 1.165) is 25.9 Å². The highest BCUT2D eigenvalue weighted by molar-refractivity contribution is 5.67. The fourth-order valence-electron chi connectivity index (χ4n) is 1.68. The van der Waals surface area contributed by atoms with E-state index in [4.69, 9.17) is 11.2 Å². The molecule has 1 aliphatic heterocycles. The van der Waals surface area contributed by atoms with Crippen molar-refractivity contribution in [2.45, 2.75) is 25.8 Å². The summed E-state index contributed by atoms with van der Waals surface area (Å²) in [4.78, 5) is 13.1. The summed E-state index contributed by atoms with van der Waals surface area (Å²) in [5, 5.41) is 3.25. The average molecular weight is 210 g/mol. The molecule has 1 heterocycles. The normalized spacial score (nSPS) is 17.2. The average Bonchev–Trinajstić information content (AvgIpc) is 2.27. The second-order valence-electron chi connectivity index (χ2n) is 3.55. The molecule has 84 valence electrons. The number of ether oxygens (including phenoxy) is 1. The fraction of sp³-hybridized carbons (Fsp3) is 0.727. The van der Waals surface area contributed by atoms with Crippen LogP contribution in [-0.2, 0) is 4.74 Å². The Balaban J connectivity index is 2.23. The number of carbonyl (C=O) groups excluding carboxylic acids is 1. The first-order valence-electron chi connectivity index (χ1n) is 5.36. The molecule has 1 N–H and O–H groups in total. The van der Waals surface area contributed by atoms with Crippen molar-refractivity contribution in [3.8, 4) is 12.3 Å². The number of carbonyl (C=O) groups is 1. The summed E-state index contributed by atoms with van der Waals surface area (Å²) in [6, 6.07) is 0.437. The highest BCUT2D eigenvalue weighted by atomic mass is 16.6. The van der Waals surface area contributed by atoms with Crippen molar-refractivity contribution in [1.29, 1.82) is 0 Å². The summed E-state index contributed by atoms with van der Waals surface area (Å²) >= 11 is 0. The van der Waals surface area contributed by atoms with E-state index in [0.29, 0.717) is 19.2 Å². The van der Waals surface area contributed by atoms with Crippen LogP contribution in [0.2, 0.25) is 0 Å². The first-order valence-corrected chi connectivity index (χ1v) is 5.36. The van der Waals surface area contributed by atoms with Crippen molar-refractivity contribution >= 4 is 6.09 Å². The second-order valence-corrected chi connectivity index (χ2v) is 3.55. The molecule has 0 aromatic heterocycles. The van der Waals surface area contributed by atoms with Crippen LogP contribution in [0.1, 0.15) is 19.8 Å². The number of hydrogen-bond donors (Lipinski definition) is 1. The van der Waals surface area contributed by atoms with Gasteiger partial charge in [0, 0.05) is 19.1 Å². The molecular formula is C11H18N2O2. The van der Waals surface area contributed by atoms with Gasteiger partial charge in [0.2, 0.25) is 0 Å². The first kappa shape index (κ1) is 11.9. The predicted octanol–water partition coefficient (Wildman–Crippen LogP) is 0.830. The lowest BCUT2D eigenvalue weighted by atomic mass is 10.1. The van der Waals surface area contributed by atoms with E-state index in [9.17, 15) is 4.79 Å². The smallest absolute Gasteiger partial charge is 0.409 e. The summed E-state index contributed by atoms with van der Waals surface area (Å²) in [6.07, 6.45) is 6.85. The molecule has 0 aromatic carbocycles. The molecule has 0 bridgehead atoms. The minimum absolute atomic E-state index is 0.201. The summed E-state index contributed by atoms with van der Waals surface area (Å²) < 4.78 is 4.93. The molecule has 4 heteroatoms. The molecule has 0 radical (unpaired) electrons. The number of amides is 1. The fourth-order valence-corrected chi connectivity index (χ4v) is 1.68. The summed E-state index contributed by atoms with van der Waals surface area (Å²) in [5.41, 5.74) is 0. The predicted molar refractivity (Wildman–Crippen MR) is 58.5 cm³/mol. The van der Waals surface area contributed by atoms with Crippen LogP contribution in [0.5, 0.6) is 0 Å². The molecule has 1 fully saturated rings. The van der Waals surface area contributed by atoms with Gasteiger partial charge in [0.25, 0.3) is 0 Å². The largest absolute Gasteiger partial charge is 0.450 e. The van der Waals surface area contributed by atoms with Crippen LogP contribution in [0.15, 0.2) is 0 Å². The number of rotatable bonds is 3. The van der Waals surface area contributed by atoms with Gasteiger partial charge in [0.1, 0.15) is 0 Å². The van der Waals surface area contributed by atoms with E-state index < -0.39 is 0 Å². The highest BCUT2D eigenvalue weighted by Crippen LogP contribution is 2.11. The molecular weight excluding hydrogens is 192 g/mol. The van der Waals surface area contributed by atoms with E-state index in [-0.39, 0.29) is 6.09 Å². The monoisotopic (exact) mass is 210 g/mol. The number of hydrogen-bond acceptors (Lipinski definition) is 3. The Bertz CT molecular complexity index is 239. The zero-order valence-electron chi connectivity index (χ0n) is 9.16. The summed E-state index contributed by atoms with van der Waals surface area (Å²) in [6.45, 7) is 4.36. The van der Waals surface area contributed by atoms with E-state index >= 15 is 0 Å². The molecule has 0 unspecified atom stereocenters. The number of nitrogens with zero attached hydrogens (tertiary/aromatic N) is 1. The number of piperidine rings is 1. The standard InChI is InChI=1S/C11H18N2O2/c1-3-7-12-10-5-8-13(9-6-10)11(14)15-4-2/h1,10,12H,4-9H2,2H3. The molecule has 4 nitrogen and oxygen atoms in total. The summed E-state index contributed by atoms with van der Waals surface area (Å²) in [5.74, 6) is 2.55. The zero-order chi connectivity index (χ0) is 11.1. The SMILES string of the molecule is C#CCNC1CCN(C(=O)OCC)CC1. The maximum absolute atomic E-state index is 11.4. The Morgan fingerprint density at radius 2 is 2.27 bits per heavy atom. The van der Waals surface area contributed by atoms with Crippen molar-refractivity contribution in [3.63, 3.8) is 0 Å². The van der Waals surface area contributed by atoms with Gasteiger partial charge in [0.15, 0.2) is 0 Å². The van der Waals surface area contributed by atoms with Gasteiger partial charge in [-0.1, -0.05) is 5.92 Å². The molecule has 0 spiro atoms. The quantitative estimate of drug-likeness (QED) is 0.701. The number of likely N-dealkylation sites (tertiary alicyclic amines) is 1. The van der Waals surface area contributed by atoms with Crippen LogP contribution in [0, 0.1) is 12.3 Å². The second kappa shape index (κ2) is 6.31. The maximum Gasteiger partial charge on any atom is 0.409 e. The van der Waals surface area contributed by atoms with Gasteiger partial charge in [0.05, 0.1) is 13.2 Å². The van der Waals surface area contributed by atoms with Gasteiger partial charge in [-0.25, -0.2) is 4.79 Å². The Morgan fingerprint density at radius 1 is 1.60 bits per heavy atom. The third-order valence-electron chi connectivity index (χ3n) is 2.51. The van der Waals surface area contributed by atoms with Gasteiger partial charge in [-0.3, -0.25) is 0 Å². The number of nitrogens with one attached hydrogen (secondary N) is 1. The third kappa shape index (κ3) is 3.80. The molecule has 1 aliphatic rings. The maximum atomic E-state index is 11.4. The van der Waals surface area contributed by atoms with Gasteiger partial charge in [-0.2, -0.15) is 0 Å². The Labute approximate surface area is 91.0 Å². The van der Waals surface area contributed by atoms with Crippen molar-refractivity contribution in [2.75, 3.05) is 26.2 Å².